The van der Waals surface area contributed by atoms with Crippen molar-refractivity contribution in [3.05, 3.63) is 66.1 Å². The first-order valence-electron chi connectivity index (χ1n) is 8.95. The molecule has 0 spiro atoms. The standard InChI is InChI=1S/C21H24O7S/c1-3-29(23,24)16-15-26-13-4-14-27-19-7-5-17(6-8-19)21(22)28-20-11-9-18(25-2)10-12-20/h3,5-12H,1,4,13-16H2,2H3. The van der Waals surface area contributed by atoms with Crippen LogP contribution in [0, 0.1) is 0 Å². The molecule has 0 bridgehead atoms. The second kappa shape index (κ2) is 11.2. The van der Waals surface area contributed by atoms with Gasteiger partial charge < -0.3 is 18.9 Å². The highest BCUT2D eigenvalue weighted by Crippen LogP contribution is 2.19. The Labute approximate surface area is 170 Å². The maximum Gasteiger partial charge on any atom is 0.343 e. The van der Waals surface area contributed by atoms with Crippen LogP contribution in [0.5, 0.6) is 17.2 Å². The molecule has 0 radical (unpaired) electrons. The number of hydrogen-bond acceptors (Lipinski definition) is 7. The zero-order chi connectivity index (χ0) is 21.1. The van der Waals surface area contributed by atoms with Gasteiger partial charge in [0.05, 0.1) is 31.6 Å². The van der Waals surface area contributed by atoms with E-state index in [-0.39, 0.29) is 12.4 Å². The first-order valence-corrected chi connectivity index (χ1v) is 10.7. The van der Waals surface area contributed by atoms with E-state index in [2.05, 4.69) is 6.58 Å². The summed E-state index contributed by atoms with van der Waals surface area (Å²) in [5.74, 6) is 1.17. The number of rotatable bonds is 12. The van der Waals surface area contributed by atoms with Gasteiger partial charge in [0.1, 0.15) is 17.2 Å². The Balaban J connectivity index is 1.69. The largest absolute Gasteiger partial charge is 0.497 e. The predicted molar refractivity (Wildman–Crippen MR) is 109 cm³/mol. The van der Waals surface area contributed by atoms with Crippen LogP contribution < -0.4 is 14.2 Å². The molecule has 8 heteroatoms. The Bertz CT molecular complexity index is 888. The quantitative estimate of drug-likeness (QED) is 0.296. The van der Waals surface area contributed by atoms with E-state index < -0.39 is 15.8 Å². The SMILES string of the molecule is C=CS(=O)(=O)CCOCCCOc1ccc(C(=O)Oc2ccc(OC)cc2)cc1. The molecule has 2 aromatic rings. The van der Waals surface area contributed by atoms with Crippen molar-refractivity contribution < 1.29 is 32.2 Å². The summed E-state index contributed by atoms with van der Waals surface area (Å²) >= 11 is 0. The van der Waals surface area contributed by atoms with E-state index in [1.54, 1.807) is 55.6 Å². The van der Waals surface area contributed by atoms with Gasteiger partial charge >= 0.3 is 5.97 Å². The molecule has 0 fully saturated rings. The summed E-state index contributed by atoms with van der Waals surface area (Å²) in [5.41, 5.74) is 0.403. The number of carbonyl (C=O) groups excluding carboxylic acids is 1. The van der Waals surface area contributed by atoms with Crippen LogP contribution in [-0.2, 0) is 14.6 Å². The summed E-state index contributed by atoms with van der Waals surface area (Å²) in [6.45, 7) is 4.16. The highest BCUT2D eigenvalue weighted by atomic mass is 32.2. The van der Waals surface area contributed by atoms with E-state index in [0.717, 1.165) is 5.41 Å². The topological polar surface area (TPSA) is 88.1 Å². The van der Waals surface area contributed by atoms with E-state index in [0.29, 0.717) is 42.4 Å². The summed E-state index contributed by atoms with van der Waals surface area (Å²) in [7, 11) is -1.66. The van der Waals surface area contributed by atoms with Gasteiger partial charge in [-0.3, -0.25) is 0 Å². The minimum absolute atomic E-state index is 0.0779. The van der Waals surface area contributed by atoms with Gasteiger partial charge in [-0.25, -0.2) is 13.2 Å². The molecule has 0 unspecified atom stereocenters. The van der Waals surface area contributed by atoms with Crippen molar-refractivity contribution >= 4 is 15.8 Å². The van der Waals surface area contributed by atoms with Crippen molar-refractivity contribution in [1.29, 1.82) is 0 Å². The molecule has 29 heavy (non-hydrogen) atoms. The van der Waals surface area contributed by atoms with Crippen LogP contribution in [0.4, 0.5) is 0 Å². The van der Waals surface area contributed by atoms with E-state index in [1.807, 2.05) is 0 Å². The summed E-state index contributed by atoms with van der Waals surface area (Å²) in [6.07, 6.45) is 0.607. The molecule has 0 aliphatic rings. The van der Waals surface area contributed by atoms with Crippen molar-refractivity contribution in [2.24, 2.45) is 0 Å². The van der Waals surface area contributed by atoms with Gasteiger partial charge in [0.15, 0.2) is 9.84 Å². The maximum absolute atomic E-state index is 12.2. The van der Waals surface area contributed by atoms with Crippen molar-refractivity contribution in [3.8, 4) is 17.2 Å². The van der Waals surface area contributed by atoms with Crippen LogP contribution in [0.2, 0.25) is 0 Å². The molecule has 0 saturated heterocycles. The molecule has 156 valence electrons. The third-order valence-corrected chi connectivity index (χ3v) is 5.07. The monoisotopic (exact) mass is 420 g/mol. The lowest BCUT2D eigenvalue weighted by Crippen LogP contribution is -2.11. The molecule has 0 aromatic heterocycles. The lowest BCUT2D eigenvalue weighted by molar-refractivity contribution is 0.0734. The van der Waals surface area contributed by atoms with Crippen LogP contribution >= 0.6 is 0 Å². The average molecular weight is 420 g/mol. The van der Waals surface area contributed by atoms with Gasteiger partial charge in [0.2, 0.25) is 0 Å². The lowest BCUT2D eigenvalue weighted by atomic mass is 10.2. The number of ether oxygens (including phenoxy) is 4. The molecular formula is C21H24O7S. The van der Waals surface area contributed by atoms with Gasteiger partial charge in [-0.15, -0.1) is 0 Å². The molecule has 7 nitrogen and oxygen atoms in total. The fourth-order valence-corrected chi connectivity index (χ4v) is 2.73. The predicted octanol–water partition coefficient (Wildman–Crippen LogP) is 3.26. The van der Waals surface area contributed by atoms with Crippen LogP contribution in [0.1, 0.15) is 16.8 Å². The fraction of sp³-hybridized carbons (Fsp3) is 0.286. The Morgan fingerprint density at radius 1 is 0.931 bits per heavy atom. The first kappa shape index (κ1) is 22.4. The van der Waals surface area contributed by atoms with E-state index >= 15 is 0 Å². The smallest absolute Gasteiger partial charge is 0.343 e. The third kappa shape index (κ3) is 7.97. The molecule has 0 aliphatic carbocycles. The minimum Gasteiger partial charge on any atom is -0.497 e. The summed E-state index contributed by atoms with van der Waals surface area (Å²) in [4.78, 5) is 12.2. The number of hydrogen-bond donors (Lipinski definition) is 0. The average Bonchev–Trinajstić information content (AvgIpc) is 2.74. The van der Waals surface area contributed by atoms with Gasteiger partial charge in [-0.1, -0.05) is 6.58 Å². The molecule has 0 N–H and O–H groups in total. The van der Waals surface area contributed by atoms with E-state index in [4.69, 9.17) is 18.9 Å². The van der Waals surface area contributed by atoms with Crippen LogP contribution in [0.3, 0.4) is 0 Å². The number of esters is 1. The van der Waals surface area contributed by atoms with Gasteiger partial charge in [0.25, 0.3) is 0 Å². The summed E-state index contributed by atoms with van der Waals surface area (Å²) in [5, 5.41) is 0.927. The Kier molecular flexibility index (Phi) is 8.69. The minimum atomic E-state index is -3.23. The third-order valence-electron chi connectivity index (χ3n) is 3.83. The van der Waals surface area contributed by atoms with Gasteiger partial charge in [-0.2, -0.15) is 0 Å². The molecular weight excluding hydrogens is 396 g/mol. The molecule has 0 atom stereocenters. The Morgan fingerprint density at radius 3 is 2.17 bits per heavy atom. The molecule has 0 aliphatic heterocycles. The van der Waals surface area contributed by atoms with E-state index in [1.165, 1.54) is 0 Å². The molecule has 2 rings (SSSR count). The zero-order valence-corrected chi connectivity index (χ0v) is 17.0. The number of carbonyl (C=O) groups is 1. The molecule has 2 aromatic carbocycles. The van der Waals surface area contributed by atoms with Gasteiger partial charge in [-0.05, 0) is 48.5 Å². The van der Waals surface area contributed by atoms with Gasteiger partial charge in [0, 0.05) is 18.4 Å². The fourth-order valence-electron chi connectivity index (χ4n) is 2.21. The second-order valence-electron chi connectivity index (χ2n) is 5.94. The highest BCUT2D eigenvalue weighted by molar-refractivity contribution is 7.94. The lowest BCUT2D eigenvalue weighted by Gasteiger charge is -2.08. The Morgan fingerprint density at radius 2 is 1.55 bits per heavy atom. The highest BCUT2D eigenvalue weighted by Gasteiger charge is 2.09. The second-order valence-corrected chi connectivity index (χ2v) is 8.00. The molecule has 0 saturated carbocycles. The number of sulfone groups is 1. The van der Waals surface area contributed by atoms with Crippen LogP contribution in [0.25, 0.3) is 0 Å². The van der Waals surface area contributed by atoms with Crippen molar-refractivity contribution in [1.82, 2.24) is 0 Å². The normalized spacial score (nSPS) is 10.9. The molecule has 0 amide bonds. The Hall–Kier alpha value is -2.84. The van der Waals surface area contributed by atoms with Crippen molar-refractivity contribution in [3.63, 3.8) is 0 Å². The van der Waals surface area contributed by atoms with Crippen molar-refractivity contribution in [2.45, 2.75) is 6.42 Å². The van der Waals surface area contributed by atoms with Crippen LogP contribution in [-0.4, -0.2) is 47.1 Å². The summed E-state index contributed by atoms with van der Waals surface area (Å²) in [6, 6.07) is 13.3. The van der Waals surface area contributed by atoms with Crippen molar-refractivity contribution in [2.75, 3.05) is 32.7 Å². The zero-order valence-electron chi connectivity index (χ0n) is 16.2. The van der Waals surface area contributed by atoms with Crippen LogP contribution in [0.15, 0.2) is 60.5 Å². The number of methoxy groups -OCH3 is 1. The molecule has 0 heterocycles. The van der Waals surface area contributed by atoms with E-state index in [9.17, 15) is 13.2 Å². The maximum atomic E-state index is 12.2. The summed E-state index contributed by atoms with van der Waals surface area (Å²) < 4.78 is 43.6. The number of benzene rings is 2. The first-order chi connectivity index (χ1) is 13.9.